The van der Waals surface area contributed by atoms with Crippen LogP contribution in [0.4, 0.5) is 0 Å². The van der Waals surface area contributed by atoms with Gasteiger partial charge in [0.25, 0.3) is 0 Å². The second-order valence-electron chi connectivity index (χ2n) is 7.13. The largest absolute Gasteiger partial charge is 0.507 e. The van der Waals surface area contributed by atoms with Gasteiger partial charge in [0, 0.05) is 36.7 Å². The SMILES string of the molecule is CO[C@@]1(C)C[C@H](N(C)Cc2cc3c(cc2O)OCO3)C1(C)C. The number of hydrogen-bond donors (Lipinski definition) is 1. The van der Waals surface area contributed by atoms with E-state index >= 15 is 0 Å². The first-order valence-electron chi connectivity index (χ1n) is 7.65. The maximum Gasteiger partial charge on any atom is 0.231 e. The van der Waals surface area contributed by atoms with Crippen molar-refractivity contribution in [3.63, 3.8) is 0 Å². The lowest BCUT2D eigenvalue weighted by Crippen LogP contribution is -2.67. The van der Waals surface area contributed by atoms with Gasteiger partial charge in [-0.05, 0) is 26.5 Å². The van der Waals surface area contributed by atoms with E-state index in [1.54, 1.807) is 13.2 Å². The first kappa shape index (κ1) is 15.4. The van der Waals surface area contributed by atoms with E-state index in [0.29, 0.717) is 24.1 Å². The number of benzene rings is 1. The van der Waals surface area contributed by atoms with Crippen molar-refractivity contribution < 1.29 is 19.3 Å². The van der Waals surface area contributed by atoms with Gasteiger partial charge in [-0.15, -0.1) is 0 Å². The number of phenolic OH excluding ortho intramolecular Hbond substituents is 1. The maximum absolute atomic E-state index is 10.2. The summed E-state index contributed by atoms with van der Waals surface area (Å²) in [6, 6.07) is 3.91. The zero-order valence-corrected chi connectivity index (χ0v) is 14.0. The summed E-state index contributed by atoms with van der Waals surface area (Å²) in [4.78, 5) is 2.28. The monoisotopic (exact) mass is 307 g/mol. The Hall–Kier alpha value is -1.46. The van der Waals surface area contributed by atoms with Gasteiger partial charge in [-0.1, -0.05) is 13.8 Å². The molecule has 0 spiro atoms. The summed E-state index contributed by atoms with van der Waals surface area (Å²) in [6.07, 6.45) is 0.984. The summed E-state index contributed by atoms with van der Waals surface area (Å²) >= 11 is 0. The zero-order chi connectivity index (χ0) is 16.1. The van der Waals surface area contributed by atoms with E-state index in [1.807, 2.05) is 6.07 Å². The van der Waals surface area contributed by atoms with Crippen LogP contribution in [-0.4, -0.2) is 42.6 Å². The molecule has 0 aromatic heterocycles. The molecule has 2 atom stereocenters. The van der Waals surface area contributed by atoms with Gasteiger partial charge >= 0.3 is 0 Å². The highest BCUT2D eigenvalue weighted by Gasteiger charge is 2.58. The predicted octanol–water partition coefficient (Wildman–Crippen LogP) is 2.76. The van der Waals surface area contributed by atoms with Gasteiger partial charge in [-0.2, -0.15) is 0 Å². The smallest absolute Gasteiger partial charge is 0.231 e. The molecule has 0 bridgehead atoms. The highest BCUT2D eigenvalue weighted by atomic mass is 16.7. The molecule has 1 fully saturated rings. The summed E-state index contributed by atoms with van der Waals surface area (Å²) in [6.45, 7) is 7.52. The number of rotatable bonds is 4. The van der Waals surface area contributed by atoms with Crippen molar-refractivity contribution in [2.24, 2.45) is 5.41 Å². The number of fused-ring (bicyclic) bond motifs is 1. The second kappa shape index (κ2) is 5.03. The fraction of sp³-hybridized carbons (Fsp3) is 0.647. The third kappa shape index (κ3) is 2.15. The molecule has 0 radical (unpaired) electrons. The van der Waals surface area contributed by atoms with Crippen LogP contribution in [-0.2, 0) is 11.3 Å². The first-order valence-corrected chi connectivity index (χ1v) is 7.65. The Morgan fingerprint density at radius 1 is 1.27 bits per heavy atom. The van der Waals surface area contributed by atoms with Crippen molar-refractivity contribution in [2.75, 3.05) is 21.0 Å². The highest BCUT2D eigenvalue weighted by Crippen LogP contribution is 2.54. The van der Waals surface area contributed by atoms with Gasteiger partial charge in [-0.3, -0.25) is 4.90 Å². The Morgan fingerprint density at radius 3 is 2.50 bits per heavy atom. The Labute approximate surface area is 131 Å². The van der Waals surface area contributed by atoms with Crippen LogP contribution in [0.15, 0.2) is 12.1 Å². The van der Waals surface area contributed by atoms with E-state index in [-0.39, 0.29) is 23.6 Å². The minimum Gasteiger partial charge on any atom is -0.507 e. The molecular formula is C17H25NO4. The minimum absolute atomic E-state index is 0.0580. The molecule has 0 amide bonds. The van der Waals surface area contributed by atoms with Crippen molar-refractivity contribution in [3.8, 4) is 17.2 Å². The fourth-order valence-corrected chi connectivity index (χ4v) is 3.64. The van der Waals surface area contributed by atoms with Crippen molar-refractivity contribution in [2.45, 2.75) is 45.4 Å². The Balaban J connectivity index is 1.75. The molecular weight excluding hydrogens is 282 g/mol. The number of aromatic hydroxyl groups is 1. The van der Waals surface area contributed by atoms with Gasteiger partial charge in [0.15, 0.2) is 11.5 Å². The normalized spacial score (nSPS) is 28.7. The van der Waals surface area contributed by atoms with Crippen LogP contribution in [0.1, 0.15) is 32.8 Å². The molecule has 2 aliphatic rings. The Morgan fingerprint density at radius 2 is 1.91 bits per heavy atom. The topological polar surface area (TPSA) is 51.2 Å². The molecule has 5 nitrogen and oxygen atoms in total. The minimum atomic E-state index is -0.0944. The number of methoxy groups -OCH3 is 1. The molecule has 1 aromatic carbocycles. The van der Waals surface area contributed by atoms with E-state index in [2.05, 4.69) is 32.7 Å². The molecule has 1 aliphatic carbocycles. The molecule has 0 saturated heterocycles. The summed E-state index contributed by atoms with van der Waals surface area (Å²) in [5, 5.41) is 10.2. The average Bonchev–Trinajstić information content (AvgIpc) is 2.91. The maximum atomic E-state index is 10.2. The summed E-state index contributed by atoms with van der Waals surface area (Å²) < 4.78 is 16.4. The van der Waals surface area contributed by atoms with Crippen LogP contribution in [0.2, 0.25) is 0 Å². The number of phenols is 1. The standard InChI is InChI=1S/C17H25NO4/c1-16(2)15(8-17(16,3)20-5)18(4)9-11-6-13-14(7-12(11)19)22-10-21-13/h6-7,15,19H,8-10H2,1-5H3/t15-,17-/m0/s1. The number of ether oxygens (including phenoxy) is 3. The lowest BCUT2D eigenvalue weighted by Gasteiger charge is -2.61. The van der Waals surface area contributed by atoms with Crippen molar-refractivity contribution in [1.29, 1.82) is 0 Å². The van der Waals surface area contributed by atoms with E-state index in [0.717, 1.165) is 12.0 Å². The van der Waals surface area contributed by atoms with E-state index in [4.69, 9.17) is 14.2 Å². The van der Waals surface area contributed by atoms with Crippen molar-refractivity contribution in [3.05, 3.63) is 17.7 Å². The molecule has 1 saturated carbocycles. The zero-order valence-electron chi connectivity index (χ0n) is 14.0. The molecule has 3 rings (SSSR count). The van der Waals surface area contributed by atoms with Crippen LogP contribution in [0, 0.1) is 5.41 Å². The molecule has 22 heavy (non-hydrogen) atoms. The predicted molar refractivity (Wildman–Crippen MR) is 83.3 cm³/mol. The first-order chi connectivity index (χ1) is 10.3. The Kier molecular flexibility index (Phi) is 3.53. The summed E-state index contributed by atoms with van der Waals surface area (Å²) in [7, 11) is 3.87. The average molecular weight is 307 g/mol. The molecule has 1 aliphatic heterocycles. The molecule has 1 aromatic rings. The van der Waals surface area contributed by atoms with Crippen LogP contribution >= 0.6 is 0 Å². The molecule has 0 unspecified atom stereocenters. The highest BCUT2D eigenvalue weighted by molar-refractivity contribution is 5.51. The second-order valence-corrected chi connectivity index (χ2v) is 7.13. The lowest BCUT2D eigenvalue weighted by molar-refractivity contribution is -0.207. The summed E-state index contributed by atoms with van der Waals surface area (Å²) in [5.74, 6) is 1.57. The molecule has 5 heteroatoms. The quantitative estimate of drug-likeness (QED) is 0.927. The molecule has 122 valence electrons. The number of hydrogen-bond acceptors (Lipinski definition) is 5. The van der Waals surface area contributed by atoms with Crippen LogP contribution in [0.25, 0.3) is 0 Å². The van der Waals surface area contributed by atoms with Crippen LogP contribution in [0.5, 0.6) is 17.2 Å². The molecule has 1 N–H and O–H groups in total. The fourth-order valence-electron chi connectivity index (χ4n) is 3.64. The third-order valence-corrected chi connectivity index (χ3v) is 5.76. The van der Waals surface area contributed by atoms with Crippen molar-refractivity contribution >= 4 is 0 Å². The van der Waals surface area contributed by atoms with Crippen molar-refractivity contribution in [1.82, 2.24) is 4.90 Å². The number of nitrogens with zero attached hydrogens (tertiary/aromatic N) is 1. The van der Waals surface area contributed by atoms with E-state index in [1.165, 1.54) is 0 Å². The van der Waals surface area contributed by atoms with Gasteiger partial charge in [0.2, 0.25) is 6.79 Å². The van der Waals surface area contributed by atoms with E-state index in [9.17, 15) is 5.11 Å². The van der Waals surface area contributed by atoms with Gasteiger partial charge in [-0.25, -0.2) is 0 Å². The lowest BCUT2D eigenvalue weighted by atomic mass is 9.55. The van der Waals surface area contributed by atoms with Crippen LogP contribution < -0.4 is 9.47 Å². The Bertz CT molecular complexity index is 586. The third-order valence-electron chi connectivity index (χ3n) is 5.76. The van der Waals surface area contributed by atoms with E-state index < -0.39 is 0 Å². The van der Waals surface area contributed by atoms with Gasteiger partial charge < -0.3 is 19.3 Å². The van der Waals surface area contributed by atoms with Gasteiger partial charge in [0.1, 0.15) is 5.75 Å². The van der Waals surface area contributed by atoms with Gasteiger partial charge in [0.05, 0.1) is 5.60 Å². The molecule has 1 heterocycles. The van der Waals surface area contributed by atoms with Crippen LogP contribution in [0.3, 0.4) is 0 Å². The summed E-state index contributed by atoms with van der Waals surface area (Å²) in [5.41, 5.74) is 0.819.